The third-order valence-electron chi connectivity index (χ3n) is 4.63. The molecule has 0 amide bonds. The van der Waals surface area contributed by atoms with Crippen LogP contribution in [0.15, 0.2) is 12.1 Å². The van der Waals surface area contributed by atoms with Gasteiger partial charge < -0.3 is 14.6 Å². The first-order chi connectivity index (χ1) is 11.1. The lowest BCUT2D eigenvalue weighted by molar-refractivity contribution is 0.0767. The minimum atomic E-state index is -0.329. The van der Waals surface area contributed by atoms with Crippen LogP contribution in [0.3, 0.4) is 0 Å². The summed E-state index contributed by atoms with van der Waals surface area (Å²) in [6.45, 7) is 4.43. The van der Waals surface area contributed by atoms with E-state index in [2.05, 4.69) is 4.90 Å². The van der Waals surface area contributed by atoms with E-state index in [1.54, 1.807) is 0 Å². The molecule has 1 unspecified atom stereocenters. The van der Waals surface area contributed by atoms with E-state index >= 15 is 0 Å². The number of aliphatic hydroxyl groups excluding tert-OH is 1. The van der Waals surface area contributed by atoms with E-state index in [0.717, 1.165) is 17.9 Å². The number of hydrogen-bond donors (Lipinski definition) is 1. The molecule has 1 aliphatic carbocycles. The van der Waals surface area contributed by atoms with Gasteiger partial charge in [-0.05, 0) is 37.5 Å². The second kappa shape index (κ2) is 7.73. The van der Waals surface area contributed by atoms with Crippen molar-refractivity contribution in [2.75, 3.05) is 19.8 Å². The van der Waals surface area contributed by atoms with Crippen molar-refractivity contribution in [3.8, 4) is 11.5 Å². The van der Waals surface area contributed by atoms with Gasteiger partial charge in [0.2, 0.25) is 0 Å². The van der Waals surface area contributed by atoms with Crippen LogP contribution in [0.5, 0.6) is 11.5 Å². The van der Waals surface area contributed by atoms with Crippen molar-refractivity contribution in [1.29, 1.82) is 0 Å². The minimum absolute atomic E-state index is 0.329. The molecular weight excluding hydrogens is 314 g/mol. The molecule has 1 fully saturated rings. The van der Waals surface area contributed by atoms with Crippen LogP contribution in [0, 0.1) is 0 Å². The van der Waals surface area contributed by atoms with Crippen LogP contribution < -0.4 is 9.47 Å². The Labute approximate surface area is 143 Å². The summed E-state index contributed by atoms with van der Waals surface area (Å²) in [6, 6.07) is 4.54. The van der Waals surface area contributed by atoms with E-state index in [4.69, 9.17) is 21.1 Å². The second-order valence-corrected chi connectivity index (χ2v) is 7.08. The summed E-state index contributed by atoms with van der Waals surface area (Å²) in [5.74, 6) is 1.39. The van der Waals surface area contributed by atoms with E-state index in [-0.39, 0.29) is 6.10 Å². The van der Waals surface area contributed by atoms with Crippen LogP contribution in [-0.4, -0.2) is 41.9 Å². The Hall–Kier alpha value is -0.970. The monoisotopic (exact) mass is 339 g/mol. The first kappa shape index (κ1) is 16.9. The highest BCUT2D eigenvalue weighted by atomic mass is 35.5. The van der Waals surface area contributed by atoms with Gasteiger partial charge in [-0.3, -0.25) is 4.90 Å². The summed E-state index contributed by atoms with van der Waals surface area (Å²) < 4.78 is 11.3. The van der Waals surface area contributed by atoms with Gasteiger partial charge in [0.25, 0.3) is 0 Å². The Balaban J connectivity index is 1.77. The molecule has 3 rings (SSSR count). The van der Waals surface area contributed by atoms with Gasteiger partial charge in [0, 0.05) is 19.1 Å². The average molecular weight is 340 g/mol. The molecule has 5 heteroatoms. The van der Waals surface area contributed by atoms with Crippen LogP contribution in [0.4, 0.5) is 0 Å². The first-order valence-corrected chi connectivity index (χ1v) is 9.01. The van der Waals surface area contributed by atoms with Crippen molar-refractivity contribution in [3.05, 3.63) is 22.7 Å². The van der Waals surface area contributed by atoms with Crippen molar-refractivity contribution in [2.24, 2.45) is 0 Å². The molecule has 1 N–H and O–H groups in total. The fourth-order valence-corrected chi connectivity index (χ4v) is 3.91. The highest BCUT2D eigenvalue weighted by Crippen LogP contribution is 2.39. The molecule has 0 radical (unpaired) electrons. The highest BCUT2D eigenvalue weighted by molar-refractivity contribution is 6.32. The van der Waals surface area contributed by atoms with E-state index in [0.29, 0.717) is 36.6 Å². The predicted octanol–water partition coefficient (Wildman–Crippen LogP) is 3.63. The molecule has 1 aromatic rings. The van der Waals surface area contributed by atoms with E-state index in [9.17, 15) is 5.11 Å². The van der Waals surface area contributed by atoms with Crippen molar-refractivity contribution in [2.45, 2.75) is 57.7 Å². The maximum Gasteiger partial charge on any atom is 0.179 e. The summed E-state index contributed by atoms with van der Waals surface area (Å²) in [6.07, 6.45) is 5.99. The molecule has 0 aromatic heterocycles. The van der Waals surface area contributed by atoms with Gasteiger partial charge in [0.05, 0.1) is 11.1 Å². The lowest BCUT2D eigenvalue weighted by atomic mass is 9.93. The standard InChI is InChI=1S/C18H26ClNO3/c1-13(21)11-20(15-5-3-2-4-6-15)12-14-9-16(19)18-17(10-14)22-7-8-23-18/h9-10,13,15,21H,2-8,11-12H2,1H3. The van der Waals surface area contributed by atoms with Crippen molar-refractivity contribution >= 4 is 11.6 Å². The fourth-order valence-electron chi connectivity index (χ4n) is 3.62. The van der Waals surface area contributed by atoms with Crippen LogP contribution in [0.1, 0.15) is 44.6 Å². The van der Waals surface area contributed by atoms with E-state index < -0.39 is 0 Å². The zero-order valence-corrected chi connectivity index (χ0v) is 14.5. The number of nitrogens with zero attached hydrogens (tertiary/aromatic N) is 1. The maximum absolute atomic E-state index is 9.87. The lowest BCUT2D eigenvalue weighted by Gasteiger charge is -2.35. The molecule has 1 aromatic carbocycles. The van der Waals surface area contributed by atoms with Crippen LogP contribution in [0.25, 0.3) is 0 Å². The minimum Gasteiger partial charge on any atom is -0.486 e. The smallest absolute Gasteiger partial charge is 0.179 e. The number of rotatable bonds is 5. The summed E-state index contributed by atoms with van der Waals surface area (Å²) in [5, 5.41) is 10.5. The Morgan fingerprint density at radius 1 is 1.22 bits per heavy atom. The molecule has 23 heavy (non-hydrogen) atoms. The molecule has 1 aliphatic heterocycles. The van der Waals surface area contributed by atoms with Gasteiger partial charge in [-0.2, -0.15) is 0 Å². The van der Waals surface area contributed by atoms with Crippen molar-refractivity contribution in [3.63, 3.8) is 0 Å². The topological polar surface area (TPSA) is 41.9 Å². The summed E-state index contributed by atoms with van der Waals surface area (Å²) in [7, 11) is 0. The van der Waals surface area contributed by atoms with Crippen LogP contribution in [0.2, 0.25) is 5.02 Å². The van der Waals surface area contributed by atoms with Gasteiger partial charge in [-0.25, -0.2) is 0 Å². The largest absolute Gasteiger partial charge is 0.486 e. The Bertz CT molecular complexity index is 529. The molecule has 4 nitrogen and oxygen atoms in total. The van der Waals surface area contributed by atoms with E-state index in [1.807, 2.05) is 19.1 Å². The zero-order valence-electron chi connectivity index (χ0n) is 13.8. The molecule has 0 saturated heterocycles. The molecule has 1 atom stereocenters. The molecular formula is C18H26ClNO3. The number of hydrogen-bond acceptors (Lipinski definition) is 4. The number of halogens is 1. The number of ether oxygens (including phenoxy) is 2. The number of fused-ring (bicyclic) bond motifs is 1. The van der Waals surface area contributed by atoms with Crippen LogP contribution >= 0.6 is 11.6 Å². The molecule has 1 saturated carbocycles. The molecule has 1 heterocycles. The lowest BCUT2D eigenvalue weighted by Crippen LogP contribution is -2.40. The zero-order chi connectivity index (χ0) is 16.2. The van der Waals surface area contributed by atoms with Crippen LogP contribution in [-0.2, 0) is 6.54 Å². The van der Waals surface area contributed by atoms with Crippen molar-refractivity contribution in [1.82, 2.24) is 4.90 Å². The predicted molar refractivity (Wildman–Crippen MR) is 91.4 cm³/mol. The average Bonchev–Trinajstić information content (AvgIpc) is 2.55. The first-order valence-electron chi connectivity index (χ1n) is 8.63. The fraction of sp³-hybridized carbons (Fsp3) is 0.667. The quantitative estimate of drug-likeness (QED) is 0.889. The molecule has 2 aliphatic rings. The Kier molecular flexibility index (Phi) is 5.67. The van der Waals surface area contributed by atoms with E-state index in [1.165, 1.54) is 32.1 Å². The molecule has 0 bridgehead atoms. The highest BCUT2D eigenvalue weighted by Gasteiger charge is 2.24. The van der Waals surface area contributed by atoms with Gasteiger partial charge in [-0.1, -0.05) is 30.9 Å². The van der Waals surface area contributed by atoms with Gasteiger partial charge in [0.15, 0.2) is 11.5 Å². The SMILES string of the molecule is CC(O)CN(Cc1cc(Cl)c2c(c1)OCCO2)C1CCCCC1. The summed E-state index contributed by atoms with van der Waals surface area (Å²) in [5.41, 5.74) is 1.12. The van der Waals surface area contributed by atoms with Crippen molar-refractivity contribution < 1.29 is 14.6 Å². The number of aliphatic hydroxyl groups is 1. The third kappa shape index (κ3) is 4.31. The summed E-state index contributed by atoms with van der Waals surface area (Å²) in [4.78, 5) is 2.39. The Morgan fingerprint density at radius 3 is 2.70 bits per heavy atom. The van der Waals surface area contributed by atoms with Gasteiger partial charge in [-0.15, -0.1) is 0 Å². The second-order valence-electron chi connectivity index (χ2n) is 6.67. The molecule has 128 valence electrons. The normalized spacial score (nSPS) is 19.8. The third-order valence-corrected chi connectivity index (χ3v) is 4.91. The maximum atomic E-state index is 9.87. The molecule has 0 spiro atoms. The van der Waals surface area contributed by atoms with Gasteiger partial charge in [0.1, 0.15) is 13.2 Å². The van der Waals surface area contributed by atoms with Gasteiger partial charge >= 0.3 is 0 Å². The summed E-state index contributed by atoms with van der Waals surface area (Å²) >= 11 is 6.35. The number of benzene rings is 1. The Morgan fingerprint density at radius 2 is 1.96 bits per heavy atom.